The summed E-state index contributed by atoms with van der Waals surface area (Å²) >= 11 is 8.44. The number of anilines is 1. The summed E-state index contributed by atoms with van der Waals surface area (Å²) in [4.78, 5) is 12.6. The minimum Gasteiger partial charge on any atom is -0.389 e. The maximum Gasteiger partial charge on any atom is 0.224 e. The van der Waals surface area contributed by atoms with Gasteiger partial charge in [-0.3, -0.25) is 4.79 Å². The second-order valence-electron chi connectivity index (χ2n) is 5.66. The largest absolute Gasteiger partial charge is 0.389 e. The Hall–Kier alpha value is -0.940. The van der Waals surface area contributed by atoms with Gasteiger partial charge in [-0.2, -0.15) is 0 Å². The van der Waals surface area contributed by atoms with Crippen LogP contribution < -0.4 is 11.1 Å². The van der Waals surface area contributed by atoms with Gasteiger partial charge in [0.1, 0.15) is 4.99 Å². The van der Waals surface area contributed by atoms with Gasteiger partial charge in [0.15, 0.2) is 0 Å². The molecule has 1 aromatic rings. The maximum absolute atomic E-state index is 12.3. The highest BCUT2D eigenvalue weighted by Gasteiger charge is 2.17. The number of hydrogen-bond donors (Lipinski definition) is 2. The van der Waals surface area contributed by atoms with Gasteiger partial charge >= 0.3 is 0 Å². The molecule has 0 saturated heterocycles. The van der Waals surface area contributed by atoms with Gasteiger partial charge in [0.05, 0.1) is 5.69 Å². The van der Waals surface area contributed by atoms with Gasteiger partial charge in [-0.25, -0.2) is 0 Å². The fraction of sp³-hybridized carbons (Fsp3) is 0.500. The Kier molecular flexibility index (Phi) is 6.18. The lowest BCUT2D eigenvalue weighted by atomic mass is 9.96. The van der Waals surface area contributed by atoms with E-state index >= 15 is 0 Å². The Balaban J connectivity index is 2.01. The third-order valence-electron chi connectivity index (χ3n) is 3.97. The first-order valence-electron chi connectivity index (χ1n) is 7.45. The topological polar surface area (TPSA) is 55.1 Å². The molecule has 0 aliphatic heterocycles. The highest BCUT2D eigenvalue weighted by atomic mass is 79.9. The minimum atomic E-state index is 0.0532. The second-order valence-corrected chi connectivity index (χ2v) is 7.02. The van der Waals surface area contributed by atoms with Crippen molar-refractivity contribution in [3.05, 3.63) is 28.2 Å². The van der Waals surface area contributed by atoms with Gasteiger partial charge in [0.2, 0.25) is 5.91 Å². The number of thiocarbonyl (C=S) groups is 1. The van der Waals surface area contributed by atoms with Crippen LogP contribution in [0, 0.1) is 5.92 Å². The van der Waals surface area contributed by atoms with E-state index in [1.165, 1.54) is 25.7 Å². The van der Waals surface area contributed by atoms with Crippen LogP contribution in [-0.2, 0) is 4.79 Å². The normalized spacial score (nSPS) is 16.2. The number of hydrogen-bond acceptors (Lipinski definition) is 2. The summed E-state index contributed by atoms with van der Waals surface area (Å²) < 4.78 is 0.896. The van der Waals surface area contributed by atoms with Gasteiger partial charge < -0.3 is 11.1 Å². The first-order chi connectivity index (χ1) is 10.1. The first kappa shape index (κ1) is 16.4. The molecule has 2 rings (SSSR count). The molecule has 0 heterocycles. The summed E-state index contributed by atoms with van der Waals surface area (Å²) in [5.41, 5.74) is 7.11. The molecular weight excluding hydrogens is 348 g/mol. The maximum atomic E-state index is 12.3. The summed E-state index contributed by atoms with van der Waals surface area (Å²) in [6.07, 6.45) is 8.00. The lowest BCUT2D eigenvalue weighted by Crippen LogP contribution is -2.19. The van der Waals surface area contributed by atoms with E-state index in [0.717, 1.165) is 17.3 Å². The third-order valence-corrected chi connectivity index (χ3v) is 4.68. The van der Waals surface area contributed by atoms with Crippen molar-refractivity contribution in [2.24, 2.45) is 11.7 Å². The van der Waals surface area contributed by atoms with E-state index in [1.807, 2.05) is 18.2 Å². The standard InChI is InChI=1S/C16H21BrN2OS/c17-12-7-8-13(16(18)21)14(10-12)19-15(20)9-11-5-3-1-2-4-6-11/h7-8,10-11H,1-6,9H2,(H2,18,21)(H,19,20). The van der Waals surface area contributed by atoms with E-state index in [-0.39, 0.29) is 5.91 Å². The Morgan fingerprint density at radius 3 is 2.57 bits per heavy atom. The van der Waals surface area contributed by atoms with Crippen LogP contribution in [0.1, 0.15) is 50.5 Å². The number of halogens is 1. The molecule has 1 saturated carbocycles. The van der Waals surface area contributed by atoms with Crippen molar-refractivity contribution in [2.75, 3.05) is 5.32 Å². The van der Waals surface area contributed by atoms with E-state index in [0.29, 0.717) is 28.6 Å². The fourth-order valence-corrected chi connectivity index (χ4v) is 3.41. The predicted octanol–water partition coefficient (Wildman–Crippen LogP) is 4.38. The van der Waals surface area contributed by atoms with Gasteiger partial charge in [-0.1, -0.05) is 53.8 Å². The number of benzene rings is 1. The van der Waals surface area contributed by atoms with E-state index in [4.69, 9.17) is 18.0 Å². The van der Waals surface area contributed by atoms with Gasteiger partial charge in [-0.15, -0.1) is 0 Å². The van der Waals surface area contributed by atoms with Crippen LogP contribution in [0.15, 0.2) is 22.7 Å². The number of nitrogens with two attached hydrogens (primary N) is 1. The average Bonchev–Trinajstić information content (AvgIpc) is 2.66. The van der Waals surface area contributed by atoms with Crippen LogP contribution in [0.25, 0.3) is 0 Å². The highest BCUT2D eigenvalue weighted by Crippen LogP contribution is 2.27. The Bertz CT molecular complexity index is 525. The van der Waals surface area contributed by atoms with Crippen molar-refractivity contribution < 1.29 is 4.79 Å². The zero-order valence-electron chi connectivity index (χ0n) is 12.0. The Morgan fingerprint density at radius 1 is 1.29 bits per heavy atom. The summed E-state index contributed by atoms with van der Waals surface area (Å²) in [7, 11) is 0. The summed E-state index contributed by atoms with van der Waals surface area (Å²) in [5.74, 6) is 0.561. The lowest BCUT2D eigenvalue weighted by molar-refractivity contribution is -0.117. The van der Waals surface area contributed by atoms with Gasteiger partial charge in [0, 0.05) is 16.5 Å². The van der Waals surface area contributed by atoms with Crippen molar-refractivity contribution in [1.29, 1.82) is 0 Å². The van der Waals surface area contributed by atoms with Crippen LogP contribution in [0.5, 0.6) is 0 Å². The van der Waals surface area contributed by atoms with Crippen molar-refractivity contribution in [3.63, 3.8) is 0 Å². The monoisotopic (exact) mass is 368 g/mol. The van der Waals surface area contributed by atoms with Crippen molar-refractivity contribution >= 4 is 44.7 Å². The molecule has 5 heteroatoms. The molecule has 3 N–H and O–H groups in total. The highest BCUT2D eigenvalue weighted by molar-refractivity contribution is 9.10. The number of carbonyl (C=O) groups excluding carboxylic acids is 1. The SMILES string of the molecule is NC(=S)c1ccc(Br)cc1NC(=O)CC1CCCCCC1. The third kappa shape index (κ3) is 5.08. The number of rotatable bonds is 4. The molecule has 114 valence electrons. The van der Waals surface area contributed by atoms with Gasteiger partial charge in [-0.05, 0) is 37.0 Å². The van der Waals surface area contributed by atoms with Gasteiger partial charge in [0.25, 0.3) is 0 Å². The molecule has 0 atom stereocenters. The number of nitrogens with one attached hydrogen (secondary N) is 1. The molecule has 1 aromatic carbocycles. The first-order valence-corrected chi connectivity index (χ1v) is 8.65. The lowest BCUT2D eigenvalue weighted by Gasteiger charge is -2.15. The second kappa shape index (κ2) is 7.90. The molecule has 1 aliphatic carbocycles. The summed E-state index contributed by atoms with van der Waals surface area (Å²) in [6, 6.07) is 5.54. The molecule has 1 fully saturated rings. The quantitative estimate of drug-likeness (QED) is 0.612. The molecule has 1 amide bonds. The predicted molar refractivity (Wildman–Crippen MR) is 94.5 cm³/mol. The van der Waals surface area contributed by atoms with Crippen LogP contribution >= 0.6 is 28.1 Å². The molecule has 0 aromatic heterocycles. The molecule has 0 unspecified atom stereocenters. The van der Waals surface area contributed by atoms with Crippen LogP contribution in [0.2, 0.25) is 0 Å². The molecule has 3 nitrogen and oxygen atoms in total. The van der Waals surface area contributed by atoms with Crippen molar-refractivity contribution in [3.8, 4) is 0 Å². The average molecular weight is 369 g/mol. The molecule has 1 aliphatic rings. The van der Waals surface area contributed by atoms with E-state index in [9.17, 15) is 4.79 Å². The Labute approximate surface area is 139 Å². The van der Waals surface area contributed by atoms with Crippen LogP contribution in [0.4, 0.5) is 5.69 Å². The van der Waals surface area contributed by atoms with Crippen LogP contribution in [-0.4, -0.2) is 10.9 Å². The van der Waals surface area contributed by atoms with Crippen molar-refractivity contribution in [2.45, 2.75) is 44.9 Å². The zero-order chi connectivity index (χ0) is 15.2. The Morgan fingerprint density at radius 2 is 1.95 bits per heavy atom. The molecule has 0 bridgehead atoms. The molecule has 0 spiro atoms. The number of carbonyl (C=O) groups is 1. The smallest absolute Gasteiger partial charge is 0.224 e. The van der Waals surface area contributed by atoms with E-state index in [2.05, 4.69) is 21.2 Å². The number of amides is 1. The van der Waals surface area contributed by atoms with Crippen LogP contribution in [0.3, 0.4) is 0 Å². The minimum absolute atomic E-state index is 0.0532. The molecule has 21 heavy (non-hydrogen) atoms. The molecule has 0 radical (unpaired) electrons. The summed E-state index contributed by atoms with van der Waals surface area (Å²) in [5, 5.41) is 2.96. The van der Waals surface area contributed by atoms with E-state index < -0.39 is 0 Å². The summed E-state index contributed by atoms with van der Waals surface area (Å²) in [6.45, 7) is 0. The van der Waals surface area contributed by atoms with Crippen molar-refractivity contribution in [1.82, 2.24) is 0 Å². The fourth-order valence-electron chi connectivity index (χ4n) is 2.87. The van der Waals surface area contributed by atoms with E-state index in [1.54, 1.807) is 0 Å². The zero-order valence-corrected chi connectivity index (χ0v) is 14.4. The molecular formula is C16H21BrN2OS.